The number of thiophene rings is 1. The van der Waals surface area contributed by atoms with E-state index >= 15 is 0 Å². The van der Waals surface area contributed by atoms with E-state index in [0.29, 0.717) is 16.8 Å². The second kappa shape index (κ2) is 7.20. The topological polar surface area (TPSA) is 42.9 Å². The zero-order valence-electron chi connectivity index (χ0n) is 15.7. The molecule has 1 aliphatic rings. The minimum absolute atomic E-state index is 0.232. The second-order valence-electron chi connectivity index (χ2n) is 8.15. The maximum atomic E-state index is 12.2. The van der Waals surface area contributed by atoms with Crippen LogP contribution in [0.3, 0.4) is 0 Å². The van der Waals surface area contributed by atoms with Gasteiger partial charge in [-0.15, -0.1) is 11.3 Å². The number of nitrogens with zero attached hydrogens (tertiary/aromatic N) is 2. The number of hydrogen-bond donors (Lipinski definition) is 0. The van der Waals surface area contributed by atoms with Gasteiger partial charge in [-0.25, -0.2) is 9.97 Å². The summed E-state index contributed by atoms with van der Waals surface area (Å²) < 4.78 is 0. The van der Waals surface area contributed by atoms with Crippen molar-refractivity contribution in [3.8, 4) is 11.3 Å². The van der Waals surface area contributed by atoms with Gasteiger partial charge in [0.05, 0.1) is 11.4 Å². The van der Waals surface area contributed by atoms with E-state index in [2.05, 4.69) is 24.2 Å². The molecule has 0 amide bonds. The number of carbonyl (C=O) groups excluding carboxylic acids is 1. The molecule has 0 spiro atoms. The van der Waals surface area contributed by atoms with Crippen molar-refractivity contribution in [3.63, 3.8) is 0 Å². The Balaban J connectivity index is 1.88. The van der Waals surface area contributed by atoms with Crippen LogP contribution in [-0.2, 0) is 24.1 Å². The highest BCUT2D eigenvalue weighted by Gasteiger charge is 2.25. The molecular weight excluding hydrogens is 348 g/mol. The molecule has 2 aromatic heterocycles. The molecule has 1 aliphatic carbocycles. The van der Waals surface area contributed by atoms with E-state index in [1.54, 1.807) is 0 Å². The average Bonchev–Trinajstić information content (AvgIpc) is 2.94. The van der Waals surface area contributed by atoms with Crippen molar-refractivity contribution < 1.29 is 4.79 Å². The number of aromatic nitrogens is 2. The van der Waals surface area contributed by atoms with E-state index in [9.17, 15) is 4.79 Å². The molecule has 2 heterocycles. The maximum Gasteiger partial charge on any atom is 0.188 e. The second-order valence-corrected chi connectivity index (χ2v) is 10.1. The van der Waals surface area contributed by atoms with Crippen molar-refractivity contribution in [1.82, 2.24) is 9.97 Å². The monoisotopic (exact) mass is 374 g/mol. The third-order valence-corrected chi connectivity index (χ3v) is 6.37. The highest BCUT2D eigenvalue weighted by atomic mass is 32.2. The number of ketones is 1. The first-order valence-corrected chi connectivity index (χ1v) is 10.7. The fraction of sp³-hybridized carbons (Fsp3) is 0.550. The molecular formula is C20H26N2OS2. The van der Waals surface area contributed by atoms with Crippen LogP contribution < -0.4 is 0 Å². The number of fused-ring (bicyclic) bond motifs is 3. The third kappa shape index (κ3) is 4.14. The average molecular weight is 375 g/mol. The number of carbonyl (C=O) groups is 1. The SMILES string of the molecule is CC(C)Cc1scc2c1-c1nc(SCC(=O)C(C)(C)C)ncc1CC2. The standard InChI is InChI=1S/C20H26N2OS2/c1-12(2)8-15-17-14(10-24-15)7-6-13-9-21-19(22-18(13)17)25-11-16(23)20(3,4)5/h9-10,12H,6-8,11H2,1-5H3. The van der Waals surface area contributed by atoms with Gasteiger partial charge < -0.3 is 0 Å². The van der Waals surface area contributed by atoms with Crippen LogP contribution in [0.15, 0.2) is 16.7 Å². The molecule has 3 nitrogen and oxygen atoms in total. The smallest absolute Gasteiger partial charge is 0.188 e. The summed E-state index contributed by atoms with van der Waals surface area (Å²) in [5.74, 6) is 1.29. The first-order chi connectivity index (χ1) is 11.8. The summed E-state index contributed by atoms with van der Waals surface area (Å²) in [6, 6.07) is 0. The summed E-state index contributed by atoms with van der Waals surface area (Å²) in [6.45, 7) is 10.4. The summed E-state index contributed by atoms with van der Waals surface area (Å²) in [6.07, 6.45) is 5.14. The Morgan fingerprint density at radius 3 is 2.68 bits per heavy atom. The van der Waals surface area contributed by atoms with Crippen LogP contribution in [0.5, 0.6) is 0 Å². The van der Waals surface area contributed by atoms with Crippen LogP contribution >= 0.6 is 23.1 Å². The molecule has 0 aliphatic heterocycles. The van der Waals surface area contributed by atoms with E-state index in [4.69, 9.17) is 4.98 Å². The van der Waals surface area contributed by atoms with Gasteiger partial charge in [-0.2, -0.15) is 0 Å². The molecule has 2 aromatic rings. The number of Topliss-reactive ketones (excluding diaryl/α,β-unsaturated/α-hetero) is 1. The van der Waals surface area contributed by atoms with Gasteiger partial charge in [-0.05, 0) is 41.7 Å². The summed E-state index contributed by atoms with van der Waals surface area (Å²) >= 11 is 3.32. The van der Waals surface area contributed by atoms with Gasteiger partial charge in [0, 0.05) is 22.1 Å². The van der Waals surface area contributed by atoms with Gasteiger partial charge >= 0.3 is 0 Å². The summed E-state index contributed by atoms with van der Waals surface area (Å²) in [5, 5.41) is 3.01. The van der Waals surface area contributed by atoms with Crippen LogP contribution in [0.2, 0.25) is 0 Å². The zero-order valence-corrected chi connectivity index (χ0v) is 17.3. The van der Waals surface area contributed by atoms with Crippen LogP contribution in [0, 0.1) is 11.3 Å². The van der Waals surface area contributed by atoms with Crippen molar-refractivity contribution in [1.29, 1.82) is 0 Å². The van der Waals surface area contributed by atoms with Gasteiger partial charge in [0.2, 0.25) is 0 Å². The van der Waals surface area contributed by atoms with E-state index in [1.807, 2.05) is 38.3 Å². The van der Waals surface area contributed by atoms with E-state index in [-0.39, 0.29) is 11.2 Å². The maximum absolute atomic E-state index is 12.2. The molecule has 134 valence electrons. The highest BCUT2D eigenvalue weighted by molar-refractivity contribution is 7.99. The lowest BCUT2D eigenvalue weighted by molar-refractivity contribution is -0.123. The normalized spacial score (nSPS) is 13.7. The summed E-state index contributed by atoms with van der Waals surface area (Å²) in [4.78, 5) is 23.0. The number of hydrogen-bond acceptors (Lipinski definition) is 5. The number of aryl methyl sites for hydroxylation is 2. The van der Waals surface area contributed by atoms with Crippen LogP contribution in [0.1, 0.15) is 50.6 Å². The largest absolute Gasteiger partial charge is 0.298 e. The third-order valence-electron chi connectivity index (χ3n) is 4.45. The zero-order chi connectivity index (χ0) is 18.2. The Morgan fingerprint density at radius 1 is 1.28 bits per heavy atom. The molecule has 5 heteroatoms. The van der Waals surface area contributed by atoms with Crippen molar-refractivity contribution in [2.75, 3.05) is 5.75 Å². The molecule has 0 aromatic carbocycles. The quantitative estimate of drug-likeness (QED) is 0.532. The van der Waals surface area contributed by atoms with Gasteiger partial charge in [0.25, 0.3) is 0 Å². The lowest BCUT2D eigenvalue weighted by Crippen LogP contribution is -2.22. The first kappa shape index (κ1) is 18.6. The lowest BCUT2D eigenvalue weighted by atomic mass is 9.90. The van der Waals surface area contributed by atoms with Gasteiger partial charge in [-0.3, -0.25) is 4.79 Å². The Labute approximate surface area is 158 Å². The first-order valence-electron chi connectivity index (χ1n) is 8.87. The molecule has 0 radical (unpaired) electrons. The molecule has 0 saturated heterocycles. The molecule has 0 unspecified atom stereocenters. The fourth-order valence-corrected chi connectivity index (χ4v) is 5.18. The van der Waals surface area contributed by atoms with Crippen LogP contribution in [0.4, 0.5) is 0 Å². The molecule has 0 saturated carbocycles. The predicted molar refractivity (Wildman–Crippen MR) is 106 cm³/mol. The summed E-state index contributed by atoms with van der Waals surface area (Å²) in [5.41, 5.74) is 4.78. The highest BCUT2D eigenvalue weighted by Crippen LogP contribution is 2.40. The van der Waals surface area contributed by atoms with E-state index < -0.39 is 0 Å². The Kier molecular flexibility index (Phi) is 5.35. The Bertz CT molecular complexity index is 787. The van der Waals surface area contributed by atoms with Crippen molar-refractivity contribution in [3.05, 3.63) is 27.6 Å². The minimum Gasteiger partial charge on any atom is -0.298 e. The number of rotatable bonds is 5. The van der Waals surface area contributed by atoms with Crippen LogP contribution in [-0.4, -0.2) is 21.5 Å². The molecule has 0 bridgehead atoms. The molecule has 3 rings (SSSR count). The van der Waals surface area contributed by atoms with Crippen molar-refractivity contribution in [2.24, 2.45) is 11.3 Å². The van der Waals surface area contributed by atoms with Crippen LogP contribution in [0.25, 0.3) is 11.3 Å². The molecule has 0 atom stereocenters. The minimum atomic E-state index is -0.313. The Morgan fingerprint density at radius 2 is 2.00 bits per heavy atom. The fourth-order valence-electron chi connectivity index (χ4n) is 2.90. The van der Waals surface area contributed by atoms with E-state index in [0.717, 1.165) is 25.0 Å². The summed E-state index contributed by atoms with van der Waals surface area (Å²) in [7, 11) is 0. The predicted octanol–water partition coefficient (Wildman–Crippen LogP) is 5.21. The van der Waals surface area contributed by atoms with Crippen molar-refractivity contribution in [2.45, 2.75) is 59.0 Å². The Hall–Kier alpha value is -1.20. The lowest BCUT2D eigenvalue weighted by Gasteiger charge is -2.19. The molecule has 0 N–H and O–H groups in total. The number of thioether (sulfide) groups is 1. The molecule has 0 fully saturated rings. The van der Waals surface area contributed by atoms with Gasteiger partial charge in [0.15, 0.2) is 5.16 Å². The van der Waals surface area contributed by atoms with E-state index in [1.165, 1.54) is 33.3 Å². The molecule has 25 heavy (non-hydrogen) atoms. The van der Waals surface area contributed by atoms with Gasteiger partial charge in [0.1, 0.15) is 5.78 Å². The van der Waals surface area contributed by atoms with Crippen molar-refractivity contribution >= 4 is 28.9 Å². The van der Waals surface area contributed by atoms with Gasteiger partial charge in [-0.1, -0.05) is 46.4 Å².